The highest BCUT2D eigenvalue weighted by molar-refractivity contribution is 6.32. The average molecular weight is 499 g/mol. The number of hydrogen-bond donors (Lipinski definition) is 3. The van der Waals surface area contributed by atoms with Crippen molar-refractivity contribution in [3.63, 3.8) is 0 Å². The third kappa shape index (κ3) is 4.67. The Hall–Kier alpha value is -3.27. The summed E-state index contributed by atoms with van der Waals surface area (Å²) in [5.74, 6) is 0.893. The number of carbonyl (C=O) groups excluding carboxylic acids is 1. The number of pyridine rings is 1. The Bertz CT molecular complexity index is 1220. The molecule has 2 atom stereocenters. The molecule has 35 heavy (non-hydrogen) atoms. The van der Waals surface area contributed by atoms with E-state index in [9.17, 15) is 4.79 Å². The highest BCUT2D eigenvalue weighted by Crippen LogP contribution is 2.43. The van der Waals surface area contributed by atoms with Gasteiger partial charge in [-0.05, 0) is 25.1 Å². The van der Waals surface area contributed by atoms with Crippen LogP contribution in [-0.2, 0) is 15.9 Å². The number of halogens is 1. The average Bonchev–Trinajstić information content (AvgIpc) is 3.24. The molecule has 0 bridgehead atoms. The van der Waals surface area contributed by atoms with Gasteiger partial charge in [0.1, 0.15) is 18.0 Å². The second-order valence-corrected chi connectivity index (χ2v) is 8.77. The summed E-state index contributed by atoms with van der Waals surface area (Å²) in [5.41, 5.74) is 4.10. The van der Waals surface area contributed by atoms with Crippen molar-refractivity contribution >= 4 is 28.9 Å². The third-order valence-corrected chi connectivity index (χ3v) is 6.43. The van der Waals surface area contributed by atoms with E-state index in [1.54, 1.807) is 25.6 Å². The van der Waals surface area contributed by atoms with Gasteiger partial charge in [0.15, 0.2) is 5.75 Å². The van der Waals surface area contributed by atoms with Crippen LogP contribution in [0.4, 0.5) is 11.4 Å². The number of carbonyl (C=O) groups is 1. The van der Waals surface area contributed by atoms with Crippen LogP contribution in [0.25, 0.3) is 11.3 Å². The van der Waals surface area contributed by atoms with Gasteiger partial charge in [0.2, 0.25) is 0 Å². The van der Waals surface area contributed by atoms with Crippen molar-refractivity contribution in [3.05, 3.63) is 52.9 Å². The van der Waals surface area contributed by atoms with Crippen LogP contribution in [0.3, 0.4) is 0 Å². The number of anilines is 2. The number of hydrogen-bond acceptors (Lipinski definition) is 7. The fourth-order valence-electron chi connectivity index (χ4n) is 4.39. The van der Waals surface area contributed by atoms with Gasteiger partial charge in [0.05, 0.1) is 60.8 Å². The predicted molar refractivity (Wildman–Crippen MR) is 132 cm³/mol. The van der Waals surface area contributed by atoms with Crippen molar-refractivity contribution < 1.29 is 23.7 Å². The molecule has 0 unspecified atom stereocenters. The Morgan fingerprint density at radius 1 is 1.29 bits per heavy atom. The van der Waals surface area contributed by atoms with E-state index in [2.05, 4.69) is 20.6 Å². The zero-order valence-electron chi connectivity index (χ0n) is 19.5. The minimum Gasteiger partial charge on any atom is -0.493 e. The molecule has 1 aromatic carbocycles. The number of methoxy groups -OCH3 is 1. The monoisotopic (exact) mass is 498 g/mol. The van der Waals surface area contributed by atoms with Crippen LogP contribution in [0.2, 0.25) is 5.02 Å². The van der Waals surface area contributed by atoms with Gasteiger partial charge in [-0.25, -0.2) is 0 Å². The summed E-state index contributed by atoms with van der Waals surface area (Å²) in [7, 11) is 1.56. The summed E-state index contributed by atoms with van der Waals surface area (Å²) in [6.45, 7) is 4.08. The molecule has 1 fully saturated rings. The molecular formula is C25H27ClN4O5. The first kappa shape index (κ1) is 23.5. The molecule has 1 amide bonds. The molecule has 3 aromatic rings. The van der Waals surface area contributed by atoms with Gasteiger partial charge in [0.25, 0.3) is 5.91 Å². The number of nitrogens with zero attached hydrogens (tertiary/aromatic N) is 1. The largest absolute Gasteiger partial charge is 0.493 e. The van der Waals surface area contributed by atoms with Crippen molar-refractivity contribution in [3.8, 4) is 22.8 Å². The number of fused-ring (bicyclic) bond motifs is 1. The molecular weight excluding hydrogens is 472 g/mol. The maximum atomic E-state index is 12.9. The molecule has 4 heterocycles. The maximum absolute atomic E-state index is 12.9. The van der Waals surface area contributed by atoms with Gasteiger partial charge in [-0.15, -0.1) is 0 Å². The SMILES string of the molecule is COc1c(Cl)cccc1Nc1c(-c2ccncc2O[C@H](C)[C@H]2COCCO2)[nH]c2c1C(=O)NCC2. The van der Waals surface area contributed by atoms with Crippen molar-refractivity contribution in [2.45, 2.75) is 25.6 Å². The summed E-state index contributed by atoms with van der Waals surface area (Å²) in [6.07, 6.45) is 3.58. The molecule has 2 aromatic heterocycles. The van der Waals surface area contributed by atoms with Crippen LogP contribution in [0.5, 0.6) is 11.5 Å². The zero-order valence-corrected chi connectivity index (χ0v) is 20.3. The molecule has 3 N–H and O–H groups in total. The fraction of sp³-hybridized carbons (Fsp3) is 0.360. The number of nitrogens with one attached hydrogen (secondary N) is 3. The van der Waals surface area contributed by atoms with Gasteiger partial charge in [0, 0.05) is 30.4 Å². The molecule has 0 spiro atoms. The second kappa shape index (κ2) is 10.2. The van der Waals surface area contributed by atoms with E-state index in [1.165, 1.54) is 0 Å². The van der Waals surface area contributed by atoms with Gasteiger partial charge in [-0.3, -0.25) is 9.78 Å². The van der Waals surface area contributed by atoms with Gasteiger partial charge in [-0.1, -0.05) is 17.7 Å². The molecule has 0 saturated carbocycles. The molecule has 10 heteroatoms. The molecule has 1 saturated heterocycles. The van der Waals surface area contributed by atoms with Crippen LogP contribution < -0.4 is 20.1 Å². The zero-order chi connectivity index (χ0) is 24.4. The summed E-state index contributed by atoms with van der Waals surface area (Å²) in [5, 5.41) is 6.78. The highest BCUT2D eigenvalue weighted by Gasteiger charge is 2.30. The minimum atomic E-state index is -0.268. The minimum absolute atomic E-state index is 0.158. The Morgan fingerprint density at radius 2 is 2.17 bits per heavy atom. The van der Waals surface area contributed by atoms with Crippen molar-refractivity contribution in [2.75, 3.05) is 38.8 Å². The van der Waals surface area contributed by atoms with E-state index < -0.39 is 0 Å². The molecule has 0 radical (unpaired) electrons. The fourth-order valence-corrected chi connectivity index (χ4v) is 4.64. The predicted octanol–water partition coefficient (Wildman–Crippen LogP) is 3.95. The molecule has 2 aliphatic heterocycles. The van der Waals surface area contributed by atoms with Gasteiger partial charge >= 0.3 is 0 Å². The van der Waals surface area contributed by atoms with Crippen molar-refractivity contribution in [1.29, 1.82) is 0 Å². The lowest BCUT2D eigenvalue weighted by Crippen LogP contribution is -2.40. The topological polar surface area (TPSA) is 107 Å². The number of amides is 1. The van der Waals surface area contributed by atoms with Crippen LogP contribution in [-0.4, -0.2) is 61.6 Å². The van der Waals surface area contributed by atoms with E-state index in [0.717, 1.165) is 11.3 Å². The smallest absolute Gasteiger partial charge is 0.255 e. The van der Waals surface area contributed by atoms with Crippen LogP contribution >= 0.6 is 11.6 Å². The molecule has 2 aliphatic rings. The van der Waals surface area contributed by atoms with Gasteiger partial charge < -0.3 is 34.6 Å². The summed E-state index contributed by atoms with van der Waals surface area (Å²) < 4.78 is 23.2. The first-order valence-electron chi connectivity index (χ1n) is 11.5. The van der Waals surface area contributed by atoms with E-state index in [0.29, 0.717) is 71.9 Å². The van der Waals surface area contributed by atoms with Crippen molar-refractivity contribution in [2.24, 2.45) is 0 Å². The molecule has 5 rings (SSSR count). The number of benzene rings is 1. The molecule has 9 nitrogen and oxygen atoms in total. The molecule has 184 valence electrons. The van der Waals surface area contributed by atoms with E-state index in [1.807, 2.05) is 25.1 Å². The van der Waals surface area contributed by atoms with E-state index in [4.69, 9.17) is 30.5 Å². The number of para-hydroxylation sites is 1. The van der Waals surface area contributed by atoms with E-state index in [-0.39, 0.29) is 18.1 Å². The highest BCUT2D eigenvalue weighted by atomic mass is 35.5. The lowest BCUT2D eigenvalue weighted by molar-refractivity contribution is -0.122. The number of ether oxygens (including phenoxy) is 4. The molecule has 0 aliphatic carbocycles. The Balaban J connectivity index is 1.57. The normalized spacial score (nSPS) is 18.4. The summed E-state index contributed by atoms with van der Waals surface area (Å²) in [4.78, 5) is 20.7. The number of H-pyrrole nitrogens is 1. The maximum Gasteiger partial charge on any atom is 0.255 e. The van der Waals surface area contributed by atoms with Gasteiger partial charge in [-0.2, -0.15) is 0 Å². The first-order chi connectivity index (χ1) is 17.1. The first-order valence-corrected chi connectivity index (χ1v) is 11.9. The lowest BCUT2D eigenvalue weighted by atomic mass is 10.0. The summed E-state index contributed by atoms with van der Waals surface area (Å²) >= 11 is 6.35. The third-order valence-electron chi connectivity index (χ3n) is 6.13. The van der Waals surface area contributed by atoms with Crippen LogP contribution in [0.15, 0.2) is 36.7 Å². The Kier molecular flexibility index (Phi) is 6.81. The lowest BCUT2D eigenvalue weighted by Gasteiger charge is -2.29. The number of rotatable bonds is 7. The van der Waals surface area contributed by atoms with Crippen LogP contribution in [0, 0.1) is 0 Å². The number of aromatic nitrogens is 2. The summed E-state index contributed by atoms with van der Waals surface area (Å²) in [6, 6.07) is 7.27. The quantitative estimate of drug-likeness (QED) is 0.452. The van der Waals surface area contributed by atoms with Crippen molar-refractivity contribution in [1.82, 2.24) is 15.3 Å². The Labute approximate surface area is 208 Å². The Morgan fingerprint density at radius 3 is 2.97 bits per heavy atom. The van der Waals surface area contributed by atoms with Crippen LogP contribution in [0.1, 0.15) is 23.0 Å². The second-order valence-electron chi connectivity index (χ2n) is 8.36. The van der Waals surface area contributed by atoms with E-state index >= 15 is 0 Å². The standard InChI is InChI=1S/C25H27ClN4O5/c1-14(20-13-33-10-11-34-20)35-19-12-27-8-6-15(19)22-23(21-17(29-22)7-9-28-25(21)31)30-18-5-3-4-16(26)24(18)32-2/h3-6,8,12,14,20,29-30H,7,9-11,13H2,1-2H3,(H,28,31)/t14-,20-/m1/s1. The number of aromatic amines is 1.